The second-order valence-corrected chi connectivity index (χ2v) is 6.46. The zero-order chi connectivity index (χ0) is 12.1. The first kappa shape index (κ1) is 12.0. The maximum absolute atomic E-state index is 10.5. The van der Waals surface area contributed by atoms with Crippen LogP contribution < -0.4 is 21.2 Å². The molecule has 0 radical (unpaired) electrons. The largest absolute Gasteiger partial charge is 0.357 e. The first-order valence-corrected chi connectivity index (χ1v) is 7.23. The van der Waals surface area contributed by atoms with Crippen LogP contribution in [-0.4, -0.2) is 12.6 Å². The summed E-state index contributed by atoms with van der Waals surface area (Å²) in [5.41, 5.74) is 1.41. The van der Waals surface area contributed by atoms with Crippen LogP contribution in [0.25, 0.3) is 0 Å². The molecule has 2 rings (SSSR count). The molecule has 2 nitrogen and oxygen atoms in total. The lowest BCUT2D eigenvalue weighted by Crippen LogP contribution is -3.61. The number of aldehydes is 2. The smallest absolute Gasteiger partial charge is 0.298 e. The minimum Gasteiger partial charge on any atom is -0.298 e. The van der Waals surface area contributed by atoms with E-state index in [2.05, 4.69) is 0 Å². The second kappa shape index (κ2) is 5.72. The Morgan fingerprint density at radius 3 is 1.29 bits per heavy atom. The predicted octanol–water partition coefficient (Wildman–Crippen LogP) is -0.560. The molecule has 0 N–H and O–H groups in total. The molecule has 0 amide bonds. The number of carbonyl (C=O) groups is 2. The van der Waals surface area contributed by atoms with E-state index >= 15 is 0 Å². The number of rotatable bonds is 4. The van der Waals surface area contributed by atoms with E-state index in [1.807, 2.05) is 48.5 Å². The van der Waals surface area contributed by atoms with Gasteiger partial charge in [0.05, 0.1) is 0 Å². The van der Waals surface area contributed by atoms with Gasteiger partial charge in [-0.1, -0.05) is 0 Å². The fourth-order valence-electron chi connectivity index (χ4n) is 1.33. The lowest BCUT2D eigenvalue weighted by molar-refractivity contribution is -0.597. The van der Waals surface area contributed by atoms with Crippen molar-refractivity contribution in [1.82, 2.24) is 0 Å². The zero-order valence-electron chi connectivity index (χ0n) is 8.97. The average molecular weight is 337 g/mol. The topological polar surface area (TPSA) is 34.1 Å². The Labute approximate surface area is 110 Å². The van der Waals surface area contributed by atoms with Crippen molar-refractivity contribution in [3.05, 3.63) is 66.8 Å². The van der Waals surface area contributed by atoms with Crippen molar-refractivity contribution >= 4 is 12.6 Å². The first-order chi connectivity index (χ1) is 8.31. The van der Waals surface area contributed by atoms with E-state index in [4.69, 9.17) is 0 Å². The van der Waals surface area contributed by atoms with Gasteiger partial charge in [0.2, 0.25) is 0 Å². The van der Waals surface area contributed by atoms with Gasteiger partial charge in [-0.15, -0.1) is 0 Å². The van der Waals surface area contributed by atoms with Crippen LogP contribution in [0.1, 0.15) is 20.7 Å². The van der Waals surface area contributed by atoms with Crippen molar-refractivity contribution in [1.29, 1.82) is 0 Å². The minimum absolute atomic E-state index is 0.239. The summed E-state index contributed by atoms with van der Waals surface area (Å²) in [7, 11) is 0. The summed E-state index contributed by atoms with van der Waals surface area (Å²) >= 11 is -0.239. The number of halogens is 1. The molecule has 0 atom stereocenters. The van der Waals surface area contributed by atoms with E-state index in [9.17, 15) is 9.59 Å². The van der Waals surface area contributed by atoms with Crippen LogP contribution in [0.3, 0.4) is 0 Å². The third-order valence-electron chi connectivity index (χ3n) is 2.23. The van der Waals surface area contributed by atoms with Gasteiger partial charge >= 0.3 is 21.2 Å². The van der Waals surface area contributed by atoms with Gasteiger partial charge in [-0.2, -0.15) is 0 Å². The van der Waals surface area contributed by atoms with Gasteiger partial charge in [0, 0.05) is 11.1 Å². The molecule has 0 aromatic heterocycles. The molecule has 84 valence electrons. The Kier molecular flexibility index (Phi) is 4.03. The summed E-state index contributed by atoms with van der Waals surface area (Å²) in [4.78, 5) is 21.0. The summed E-state index contributed by atoms with van der Waals surface area (Å²) in [6.07, 6.45) is 1.70. The van der Waals surface area contributed by atoms with Crippen LogP contribution in [0.5, 0.6) is 0 Å². The summed E-state index contributed by atoms with van der Waals surface area (Å²) < 4.78 is 2.52. The quantitative estimate of drug-likeness (QED) is 0.554. The molecular formula is C14H10IO2+. The van der Waals surface area contributed by atoms with E-state index < -0.39 is 0 Å². The second-order valence-electron chi connectivity index (χ2n) is 3.43. The van der Waals surface area contributed by atoms with Crippen LogP contribution in [0.2, 0.25) is 0 Å². The van der Waals surface area contributed by atoms with Gasteiger partial charge in [-0.3, -0.25) is 9.59 Å². The highest BCUT2D eigenvalue weighted by molar-refractivity contribution is 5.74. The summed E-state index contributed by atoms with van der Waals surface area (Å²) in [5.74, 6) is 0. The van der Waals surface area contributed by atoms with Crippen molar-refractivity contribution in [2.45, 2.75) is 0 Å². The third kappa shape index (κ3) is 3.23. The number of benzene rings is 2. The van der Waals surface area contributed by atoms with Gasteiger partial charge < -0.3 is 0 Å². The Morgan fingerprint density at radius 1 is 0.647 bits per heavy atom. The number of carbonyl (C=O) groups excluding carboxylic acids is 2. The van der Waals surface area contributed by atoms with Crippen molar-refractivity contribution in [3.63, 3.8) is 0 Å². The molecule has 17 heavy (non-hydrogen) atoms. The fourth-order valence-corrected chi connectivity index (χ4v) is 3.49. The molecule has 0 aliphatic heterocycles. The molecular weight excluding hydrogens is 327 g/mol. The van der Waals surface area contributed by atoms with Crippen molar-refractivity contribution < 1.29 is 30.8 Å². The van der Waals surface area contributed by atoms with E-state index in [0.717, 1.165) is 12.6 Å². The molecule has 2 aromatic rings. The van der Waals surface area contributed by atoms with Crippen molar-refractivity contribution in [3.8, 4) is 0 Å². The maximum atomic E-state index is 10.5. The standard InChI is InChI=1S/C14H10IO2/c16-9-11-1-5-13(6-2-11)15-14-7-3-12(10-17)4-8-14/h1-10H/q+1. The summed E-state index contributed by atoms with van der Waals surface area (Å²) in [6.45, 7) is 0. The molecule has 2 aromatic carbocycles. The molecule has 0 unspecified atom stereocenters. The molecule has 0 spiro atoms. The molecule has 0 fully saturated rings. The van der Waals surface area contributed by atoms with Crippen LogP contribution in [0.15, 0.2) is 48.5 Å². The lowest BCUT2D eigenvalue weighted by Gasteiger charge is -1.90. The van der Waals surface area contributed by atoms with Crippen LogP contribution >= 0.6 is 0 Å². The van der Waals surface area contributed by atoms with Gasteiger partial charge in [0.1, 0.15) is 12.6 Å². The Hall–Kier alpha value is -1.49. The monoisotopic (exact) mass is 337 g/mol. The molecule has 0 aliphatic carbocycles. The Bertz CT molecular complexity index is 465. The van der Waals surface area contributed by atoms with Gasteiger partial charge in [0.25, 0.3) is 0 Å². The lowest BCUT2D eigenvalue weighted by atomic mass is 10.2. The summed E-state index contributed by atoms with van der Waals surface area (Å²) in [6, 6.07) is 15.3. The van der Waals surface area contributed by atoms with Gasteiger partial charge in [-0.05, 0) is 48.5 Å². The SMILES string of the molecule is O=Cc1ccc([I+]c2ccc(C=O)cc2)cc1. The number of hydrogen-bond acceptors (Lipinski definition) is 2. The van der Waals surface area contributed by atoms with Crippen LogP contribution in [0, 0.1) is 7.14 Å². The van der Waals surface area contributed by atoms with Crippen LogP contribution in [0.4, 0.5) is 0 Å². The highest BCUT2D eigenvalue weighted by Gasteiger charge is 2.14. The normalized spacial score (nSPS) is 9.88. The van der Waals surface area contributed by atoms with E-state index in [0.29, 0.717) is 11.1 Å². The highest BCUT2D eigenvalue weighted by atomic mass is 127. The average Bonchev–Trinajstić information content (AvgIpc) is 2.40. The van der Waals surface area contributed by atoms with Crippen LogP contribution in [-0.2, 0) is 0 Å². The molecule has 0 heterocycles. The van der Waals surface area contributed by atoms with Crippen molar-refractivity contribution in [2.75, 3.05) is 0 Å². The Morgan fingerprint density at radius 2 is 1.00 bits per heavy atom. The van der Waals surface area contributed by atoms with E-state index in [-0.39, 0.29) is 21.2 Å². The summed E-state index contributed by atoms with van der Waals surface area (Å²) in [5, 5.41) is 0. The molecule has 3 heteroatoms. The zero-order valence-corrected chi connectivity index (χ0v) is 11.1. The van der Waals surface area contributed by atoms with Gasteiger partial charge in [-0.25, -0.2) is 0 Å². The van der Waals surface area contributed by atoms with E-state index in [1.54, 1.807) is 0 Å². The van der Waals surface area contributed by atoms with Crippen molar-refractivity contribution in [2.24, 2.45) is 0 Å². The minimum atomic E-state index is -0.239. The predicted molar refractivity (Wildman–Crippen MR) is 61.1 cm³/mol. The third-order valence-corrected chi connectivity index (χ3v) is 4.91. The number of hydrogen-bond donors (Lipinski definition) is 0. The van der Waals surface area contributed by atoms with E-state index in [1.165, 1.54) is 7.14 Å². The molecule has 0 saturated carbocycles. The first-order valence-electron chi connectivity index (χ1n) is 5.07. The highest BCUT2D eigenvalue weighted by Crippen LogP contribution is 1.95. The molecule has 0 bridgehead atoms. The molecule has 0 aliphatic rings. The van der Waals surface area contributed by atoms with Gasteiger partial charge in [0.15, 0.2) is 7.14 Å². The Balaban J connectivity index is 2.13. The molecule has 0 saturated heterocycles. The maximum Gasteiger partial charge on any atom is 0.357 e. The fraction of sp³-hybridized carbons (Fsp3) is 0.